The van der Waals surface area contributed by atoms with Crippen LogP contribution in [0, 0.1) is 13.8 Å². The number of hydrogen-bond donors (Lipinski definition) is 1. The van der Waals surface area contributed by atoms with Gasteiger partial charge in [0.25, 0.3) is 0 Å². The minimum absolute atomic E-state index is 0.113. The highest BCUT2D eigenvalue weighted by Crippen LogP contribution is 2.27. The van der Waals surface area contributed by atoms with Gasteiger partial charge >= 0.3 is 0 Å². The minimum atomic E-state index is -3.78. The summed E-state index contributed by atoms with van der Waals surface area (Å²) in [6.07, 6.45) is 5.53. The summed E-state index contributed by atoms with van der Waals surface area (Å²) in [5.74, 6) is 0.0532. The molecule has 8 nitrogen and oxygen atoms in total. The molecule has 2 aromatic carbocycles. The Kier molecular flexibility index (Phi) is 9.59. The predicted octanol–water partition coefficient (Wildman–Crippen LogP) is 3.94. The summed E-state index contributed by atoms with van der Waals surface area (Å²) >= 11 is 0. The predicted molar refractivity (Wildman–Crippen MR) is 146 cm³/mol. The lowest BCUT2D eigenvalue weighted by molar-refractivity contribution is -0.140. The number of para-hydroxylation sites is 1. The van der Waals surface area contributed by atoms with E-state index < -0.39 is 28.5 Å². The molecule has 1 aliphatic carbocycles. The van der Waals surface area contributed by atoms with Crippen LogP contribution in [0.15, 0.2) is 42.5 Å². The molecule has 0 saturated heterocycles. The Bertz CT molecular complexity index is 1170. The van der Waals surface area contributed by atoms with Gasteiger partial charge < -0.3 is 15.0 Å². The Morgan fingerprint density at radius 3 is 2.16 bits per heavy atom. The van der Waals surface area contributed by atoms with E-state index in [-0.39, 0.29) is 18.5 Å². The molecule has 0 spiro atoms. The number of nitrogens with zero attached hydrogens (tertiary/aromatic N) is 2. The molecule has 1 saturated carbocycles. The number of sulfonamides is 1. The number of aryl methyl sites for hydroxylation is 2. The first-order valence-corrected chi connectivity index (χ1v) is 14.7. The lowest BCUT2D eigenvalue weighted by Gasteiger charge is -2.34. The molecule has 0 unspecified atom stereocenters. The van der Waals surface area contributed by atoms with E-state index in [4.69, 9.17) is 4.74 Å². The van der Waals surface area contributed by atoms with Crippen molar-refractivity contribution in [2.24, 2.45) is 0 Å². The largest absolute Gasteiger partial charge is 0.497 e. The standard InChI is InChI=1S/C28H39N3O5S/c1-6-25(28(33)29-23-12-7-8-13-23)30(18-22-14-16-24(36-4)17-15-22)26(32)19-31(37(5,34)35)27-20(2)10-9-11-21(27)3/h9-11,14-17,23,25H,6-8,12-13,18-19H2,1-5H3,(H,29,33)/t25-/m0/s1. The van der Waals surface area contributed by atoms with Crippen LogP contribution in [0.3, 0.4) is 0 Å². The molecule has 0 heterocycles. The van der Waals surface area contributed by atoms with Gasteiger partial charge in [-0.05, 0) is 61.9 Å². The molecule has 0 radical (unpaired) electrons. The minimum Gasteiger partial charge on any atom is -0.497 e. The first kappa shape index (κ1) is 28.5. The molecule has 2 amide bonds. The van der Waals surface area contributed by atoms with Crippen LogP contribution >= 0.6 is 0 Å². The van der Waals surface area contributed by atoms with Crippen LogP contribution in [-0.2, 0) is 26.2 Å². The van der Waals surface area contributed by atoms with E-state index >= 15 is 0 Å². The average Bonchev–Trinajstić information content (AvgIpc) is 3.35. The molecule has 2 aromatic rings. The first-order valence-electron chi connectivity index (χ1n) is 12.8. The van der Waals surface area contributed by atoms with Gasteiger partial charge in [0, 0.05) is 12.6 Å². The number of benzene rings is 2. The van der Waals surface area contributed by atoms with E-state index in [1.54, 1.807) is 19.2 Å². The molecule has 1 atom stereocenters. The summed E-state index contributed by atoms with van der Waals surface area (Å²) < 4.78 is 32.2. The third-order valence-electron chi connectivity index (χ3n) is 6.97. The van der Waals surface area contributed by atoms with Crippen LogP contribution in [0.5, 0.6) is 5.75 Å². The van der Waals surface area contributed by atoms with Crippen molar-refractivity contribution < 1.29 is 22.7 Å². The lowest BCUT2D eigenvalue weighted by Crippen LogP contribution is -2.53. The number of methoxy groups -OCH3 is 1. The molecule has 9 heteroatoms. The Morgan fingerprint density at radius 2 is 1.65 bits per heavy atom. The summed E-state index contributed by atoms with van der Waals surface area (Å²) in [7, 11) is -2.19. The van der Waals surface area contributed by atoms with E-state index in [2.05, 4.69) is 5.32 Å². The zero-order valence-corrected chi connectivity index (χ0v) is 23.3. The van der Waals surface area contributed by atoms with Crippen molar-refractivity contribution in [2.75, 3.05) is 24.2 Å². The number of ether oxygens (including phenoxy) is 1. The second kappa shape index (κ2) is 12.4. The Labute approximate surface area is 221 Å². The highest BCUT2D eigenvalue weighted by molar-refractivity contribution is 7.92. The fourth-order valence-corrected chi connectivity index (χ4v) is 5.95. The third kappa shape index (κ3) is 7.25. The molecule has 0 aromatic heterocycles. The molecule has 1 N–H and O–H groups in total. The molecular formula is C28H39N3O5S. The first-order chi connectivity index (χ1) is 17.5. The van der Waals surface area contributed by atoms with Gasteiger partial charge in [0.05, 0.1) is 19.1 Å². The van der Waals surface area contributed by atoms with Gasteiger partial charge in [0.15, 0.2) is 0 Å². The fourth-order valence-electron chi connectivity index (χ4n) is 4.99. The maximum atomic E-state index is 13.9. The molecule has 0 aliphatic heterocycles. The maximum absolute atomic E-state index is 13.9. The quantitative estimate of drug-likeness (QED) is 0.476. The van der Waals surface area contributed by atoms with Gasteiger partial charge in [0.1, 0.15) is 18.3 Å². The SMILES string of the molecule is CC[C@@H](C(=O)NC1CCCC1)N(Cc1ccc(OC)cc1)C(=O)CN(c1c(C)cccc1C)S(C)(=O)=O. The van der Waals surface area contributed by atoms with Crippen molar-refractivity contribution in [1.29, 1.82) is 0 Å². The number of nitrogens with one attached hydrogen (secondary N) is 1. The molecule has 3 rings (SSSR count). The number of anilines is 1. The van der Waals surface area contributed by atoms with Gasteiger partial charge in [-0.1, -0.05) is 50.1 Å². The van der Waals surface area contributed by atoms with Crippen LogP contribution in [0.25, 0.3) is 0 Å². The smallest absolute Gasteiger partial charge is 0.244 e. The second-order valence-electron chi connectivity index (χ2n) is 9.79. The molecule has 202 valence electrons. The van der Waals surface area contributed by atoms with Crippen molar-refractivity contribution >= 4 is 27.5 Å². The Balaban J connectivity index is 1.95. The summed E-state index contributed by atoms with van der Waals surface area (Å²) in [6.45, 7) is 5.29. The van der Waals surface area contributed by atoms with Crippen LogP contribution in [0.4, 0.5) is 5.69 Å². The van der Waals surface area contributed by atoms with Crippen molar-refractivity contribution in [3.05, 3.63) is 59.2 Å². The summed E-state index contributed by atoms with van der Waals surface area (Å²) in [5, 5.41) is 3.12. The summed E-state index contributed by atoms with van der Waals surface area (Å²) in [5.41, 5.74) is 2.82. The molecular weight excluding hydrogens is 490 g/mol. The number of carbonyl (C=O) groups is 2. The highest BCUT2D eigenvalue weighted by Gasteiger charge is 2.33. The van der Waals surface area contributed by atoms with E-state index in [9.17, 15) is 18.0 Å². The van der Waals surface area contributed by atoms with Crippen molar-refractivity contribution in [3.8, 4) is 5.75 Å². The van der Waals surface area contributed by atoms with Crippen molar-refractivity contribution in [3.63, 3.8) is 0 Å². The molecule has 37 heavy (non-hydrogen) atoms. The zero-order chi connectivity index (χ0) is 27.2. The zero-order valence-electron chi connectivity index (χ0n) is 22.5. The second-order valence-corrected chi connectivity index (χ2v) is 11.7. The van der Waals surface area contributed by atoms with Gasteiger partial charge in [-0.3, -0.25) is 13.9 Å². The number of hydrogen-bond acceptors (Lipinski definition) is 5. The number of rotatable bonds is 11. The monoisotopic (exact) mass is 529 g/mol. The maximum Gasteiger partial charge on any atom is 0.244 e. The normalized spacial score (nSPS) is 14.7. The van der Waals surface area contributed by atoms with Gasteiger partial charge in [-0.25, -0.2) is 8.42 Å². The molecule has 0 bridgehead atoms. The fraction of sp³-hybridized carbons (Fsp3) is 0.500. The Hall–Kier alpha value is -3.07. The number of amides is 2. The average molecular weight is 530 g/mol. The van der Waals surface area contributed by atoms with E-state index in [1.165, 1.54) is 4.90 Å². The van der Waals surface area contributed by atoms with Crippen molar-refractivity contribution in [2.45, 2.75) is 71.5 Å². The van der Waals surface area contributed by atoms with Gasteiger partial charge in [-0.2, -0.15) is 0 Å². The van der Waals surface area contributed by atoms with Crippen molar-refractivity contribution in [1.82, 2.24) is 10.2 Å². The van der Waals surface area contributed by atoms with Crippen LogP contribution < -0.4 is 14.4 Å². The number of carbonyl (C=O) groups excluding carboxylic acids is 2. The van der Waals surface area contributed by atoms with Crippen LogP contribution in [-0.4, -0.2) is 57.1 Å². The lowest BCUT2D eigenvalue weighted by atomic mass is 10.1. The topological polar surface area (TPSA) is 96.0 Å². The summed E-state index contributed by atoms with van der Waals surface area (Å²) in [4.78, 5) is 28.8. The van der Waals surface area contributed by atoms with Crippen LogP contribution in [0.1, 0.15) is 55.7 Å². The van der Waals surface area contributed by atoms with Gasteiger partial charge in [-0.15, -0.1) is 0 Å². The van der Waals surface area contributed by atoms with Gasteiger partial charge in [0.2, 0.25) is 21.8 Å². The Morgan fingerprint density at radius 1 is 1.05 bits per heavy atom. The molecule has 1 aliphatic rings. The summed E-state index contributed by atoms with van der Waals surface area (Å²) in [6, 6.07) is 12.2. The highest BCUT2D eigenvalue weighted by atomic mass is 32.2. The van der Waals surface area contributed by atoms with E-state index in [1.807, 2.05) is 51.1 Å². The third-order valence-corrected chi connectivity index (χ3v) is 8.08. The molecule has 1 fully saturated rings. The van der Waals surface area contributed by atoms with E-state index in [0.717, 1.165) is 52.9 Å². The van der Waals surface area contributed by atoms with E-state index in [0.29, 0.717) is 17.9 Å². The van der Waals surface area contributed by atoms with Crippen LogP contribution in [0.2, 0.25) is 0 Å².